The fourth-order valence-electron chi connectivity index (χ4n) is 5.01. The highest BCUT2D eigenvalue weighted by Crippen LogP contribution is 2.39. The quantitative estimate of drug-likeness (QED) is 0.304. The van der Waals surface area contributed by atoms with Gasteiger partial charge in [0.25, 0.3) is 11.5 Å². The van der Waals surface area contributed by atoms with Gasteiger partial charge in [0.05, 0.1) is 25.2 Å². The molecule has 208 valence electrons. The van der Waals surface area contributed by atoms with Crippen molar-refractivity contribution in [3.63, 3.8) is 0 Å². The van der Waals surface area contributed by atoms with E-state index < -0.39 is 13.9 Å². The summed E-state index contributed by atoms with van der Waals surface area (Å²) in [4.78, 5) is 32.2. The first-order valence-corrected chi connectivity index (χ1v) is 16.8. The third-order valence-electron chi connectivity index (χ3n) is 7.21. The molecule has 39 heavy (non-hydrogen) atoms. The van der Waals surface area contributed by atoms with Crippen molar-refractivity contribution in [3.8, 4) is 17.4 Å². The van der Waals surface area contributed by atoms with E-state index in [0.717, 1.165) is 11.4 Å². The molecule has 0 aliphatic carbocycles. The number of amides is 1. The molecule has 9 nitrogen and oxygen atoms in total. The van der Waals surface area contributed by atoms with E-state index in [2.05, 4.69) is 24.6 Å². The van der Waals surface area contributed by atoms with Crippen molar-refractivity contribution < 1.29 is 28.1 Å². The molecule has 2 aliphatic rings. The summed E-state index contributed by atoms with van der Waals surface area (Å²) in [7, 11) is 0.0901. The fraction of sp³-hybridized carbons (Fsp3) is 0.464. The standard InChI is InChI=1S/C28H34FN3O6Si/c1-17-10-22-25(27(35-2)26(17)29)28(34)31-14-20(11-19(31)15-37-22)38-23-12-21-18(13-30-23)6-7-24(33)32(21)16-36-8-9-39(3,4)5/h6-7,10,12-13,19-20H,8-9,11,14-16H2,1-5H3/t19-,20+/m1/s1. The van der Waals surface area contributed by atoms with Crippen LogP contribution in [-0.2, 0) is 11.5 Å². The van der Waals surface area contributed by atoms with Gasteiger partial charge >= 0.3 is 0 Å². The van der Waals surface area contributed by atoms with E-state index in [4.69, 9.17) is 18.9 Å². The second-order valence-corrected chi connectivity index (χ2v) is 17.0. The average Bonchev–Trinajstić information content (AvgIpc) is 3.24. The molecule has 0 unspecified atom stereocenters. The van der Waals surface area contributed by atoms with E-state index in [1.54, 1.807) is 34.7 Å². The lowest BCUT2D eigenvalue weighted by molar-refractivity contribution is 0.0710. The Bertz CT molecular complexity index is 1470. The summed E-state index contributed by atoms with van der Waals surface area (Å²) < 4.78 is 39.5. The number of aromatic nitrogens is 2. The largest absolute Gasteiger partial charge is 0.493 e. The van der Waals surface area contributed by atoms with Crippen LogP contribution in [0.15, 0.2) is 35.3 Å². The van der Waals surface area contributed by atoms with E-state index in [1.165, 1.54) is 19.2 Å². The molecule has 0 spiro atoms. The van der Waals surface area contributed by atoms with Gasteiger partial charge in [-0.25, -0.2) is 9.37 Å². The molecule has 2 aromatic heterocycles. The van der Waals surface area contributed by atoms with Crippen molar-refractivity contribution in [1.29, 1.82) is 0 Å². The Balaban J connectivity index is 1.34. The number of carbonyl (C=O) groups excluding carboxylic acids is 1. The number of pyridine rings is 2. The highest BCUT2D eigenvalue weighted by molar-refractivity contribution is 6.76. The average molecular weight is 556 g/mol. The number of benzene rings is 1. The molecule has 2 atom stereocenters. The molecule has 0 bridgehead atoms. The van der Waals surface area contributed by atoms with Gasteiger partial charge in [-0.05, 0) is 30.7 Å². The van der Waals surface area contributed by atoms with Crippen molar-refractivity contribution in [2.75, 3.05) is 26.9 Å². The fourth-order valence-corrected chi connectivity index (χ4v) is 5.76. The molecule has 1 saturated heterocycles. The van der Waals surface area contributed by atoms with Crippen molar-refractivity contribution in [2.45, 2.75) is 57.9 Å². The van der Waals surface area contributed by atoms with Gasteiger partial charge in [0.2, 0.25) is 5.88 Å². The van der Waals surface area contributed by atoms with Crippen molar-refractivity contribution in [1.82, 2.24) is 14.5 Å². The van der Waals surface area contributed by atoms with E-state index in [1.807, 2.05) is 0 Å². The van der Waals surface area contributed by atoms with Crippen LogP contribution in [0.4, 0.5) is 4.39 Å². The predicted molar refractivity (Wildman–Crippen MR) is 147 cm³/mol. The number of hydrogen-bond acceptors (Lipinski definition) is 7. The molecular formula is C28H34FN3O6Si. The summed E-state index contributed by atoms with van der Waals surface area (Å²) >= 11 is 0. The maximum atomic E-state index is 14.7. The Kier molecular flexibility index (Phi) is 7.38. The Morgan fingerprint density at radius 1 is 1.21 bits per heavy atom. The third-order valence-corrected chi connectivity index (χ3v) is 8.91. The molecule has 1 amide bonds. The van der Waals surface area contributed by atoms with E-state index in [9.17, 15) is 14.0 Å². The molecule has 1 aromatic carbocycles. The maximum Gasteiger partial charge on any atom is 0.262 e. The van der Waals surface area contributed by atoms with Crippen LogP contribution in [0.1, 0.15) is 22.3 Å². The minimum absolute atomic E-state index is 0.0886. The number of nitrogens with zero attached hydrogens (tertiary/aromatic N) is 3. The number of rotatable bonds is 8. The molecule has 0 N–H and O–H groups in total. The van der Waals surface area contributed by atoms with E-state index >= 15 is 0 Å². The van der Waals surface area contributed by atoms with Crippen LogP contribution in [0.25, 0.3) is 10.9 Å². The first kappa shape index (κ1) is 27.1. The lowest BCUT2D eigenvalue weighted by atomic mass is 10.1. The van der Waals surface area contributed by atoms with Crippen LogP contribution < -0.4 is 19.8 Å². The molecular weight excluding hydrogens is 521 g/mol. The Labute approximate surface area is 227 Å². The highest BCUT2D eigenvalue weighted by Gasteiger charge is 2.42. The Morgan fingerprint density at radius 3 is 2.74 bits per heavy atom. The van der Waals surface area contributed by atoms with Crippen molar-refractivity contribution in [3.05, 3.63) is 57.8 Å². The highest BCUT2D eigenvalue weighted by atomic mass is 28.3. The van der Waals surface area contributed by atoms with Gasteiger partial charge in [-0.15, -0.1) is 0 Å². The molecule has 5 rings (SSSR count). The van der Waals surface area contributed by atoms with Crippen molar-refractivity contribution >= 4 is 24.9 Å². The van der Waals surface area contributed by atoms with Gasteiger partial charge in [-0.3, -0.25) is 14.2 Å². The van der Waals surface area contributed by atoms with E-state index in [0.29, 0.717) is 35.7 Å². The number of aryl methyl sites for hydroxylation is 1. The zero-order valence-corrected chi connectivity index (χ0v) is 24.0. The van der Waals surface area contributed by atoms with Crippen LogP contribution in [0.3, 0.4) is 0 Å². The number of hydrogen-bond donors (Lipinski definition) is 0. The first-order chi connectivity index (χ1) is 18.6. The Hall–Kier alpha value is -3.44. The van der Waals surface area contributed by atoms with Crippen LogP contribution in [0.5, 0.6) is 17.4 Å². The topological polar surface area (TPSA) is 92.1 Å². The van der Waals surface area contributed by atoms with Crippen LogP contribution >= 0.6 is 0 Å². The summed E-state index contributed by atoms with van der Waals surface area (Å²) in [5, 5.41) is 0.792. The molecule has 0 radical (unpaired) electrons. The minimum atomic E-state index is -1.25. The second-order valence-electron chi connectivity index (χ2n) is 11.3. The van der Waals surface area contributed by atoms with Gasteiger partial charge in [-0.2, -0.15) is 0 Å². The van der Waals surface area contributed by atoms with Crippen LogP contribution in [0, 0.1) is 12.7 Å². The zero-order chi connectivity index (χ0) is 27.9. The van der Waals surface area contributed by atoms with Gasteiger partial charge in [-0.1, -0.05) is 19.6 Å². The smallest absolute Gasteiger partial charge is 0.262 e. The van der Waals surface area contributed by atoms with Gasteiger partial charge in [0, 0.05) is 44.8 Å². The molecule has 1 fully saturated rings. The number of halogens is 1. The molecule has 11 heteroatoms. The zero-order valence-electron chi connectivity index (χ0n) is 23.0. The monoisotopic (exact) mass is 555 g/mol. The summed E-state index contributed by atoms with van der Waals surface area (Å²) in [5.41, 5.74) is 0.936. The normalized spacial score (nSPS) is 18.9. The SMILES string of the molecule is COc1c(F)c(C)cc2c1C(=O)N1C[C@@H](Oc3cc4c(ccc(=O)n4COCC[Si](C)(C)C)cn3)C[C@@H]1CO2. The molecule has 2 aliphatic heterocycles. The van der Waals surface area contributed by atoms with Crippen LogP contribution in [0.2, 0.25) is 25.7 Å². The molecule has 3 aromatic rings. The summed E-state index contributed by atoms with van der Waals surface area (Å²) in [6.07, 6.45) is 1.83. The summed E-state index contributed by atoms with van der Waals surface area (Å²) in [6.45, 7) is 9.73. The van der Waals surface area contributed by atoms with Crippen LogP contribution in [-0.4, -0.2) is 67.4 Å². The van der Waals surface area contributed by atoms with Gasteiger partial charge < -0.3 is 23.8 Å². The lowest BCUT2D eigenvalue weighted by Crippen LogP contribution is -2.37. The Morgan fingerprint density at radius 2 is 2.00 bits per heavy atom. The second kappa shape index (κ2) is 10.6. The predicted octanol–water partition coefficient (Wildman–Crippen LogP) is 4.22. The first-order valence-electron chi connectivity index (χ1n) is 13.1. The lowest BCUT2D eigenvalue weighted by Gasteiger charge is -2.21. The van der Waals surface area contributed by atoms with Gasteiger partial charge in [0.15, 0.2) is 11.6 Å². The number of fused-ring (bicyclic) bond motifs is 3. The number of carbonyl (C=O) groups is 1. The molecule has 4 heterocycles. The van der Waals surface area contributed by atoms with Crippen molar-refractivity contribution in [2.24, 2.45) is 0 Å². The summed E-state index contributed by atoms with van der Waals surface area (Å²) in [5.74, 6) is -0.371. The third kappa shape index (κ3) is 5.51. The summed E-state index contributed by atoms with van der Waals surface area (Å²) in [6, 6.07) is 7.26. The number of methoxy groups -OCH3 is 1. The minimum Gasteiger partial charge on any atom is -0.493 e. The maximum absolute atomic E-state index is 14.7. The molecule has 0 saturated carbocycles. The van der Waals surface area contributed by atoms with Gasteiger partial charge in [0.1, 0.15) is 30.8 Å². The van der Waals surface area contributed by atoms with E-state index in [-0.39, 0.29) is 54.8 Å². The number of ether oxygens (including phenoxy) is 4.